The molecule has 0 spiro atoms. The van der Waals surface area contributed by atoms with Gasteiger partial charge >= 0.3 is 11.1 Å². The van der Waals surface area contributed by atoms with E-state index in [-0.39, 0.29) is 19.0 Å². The van der Waals surface area contributed by atoms with Crippen LogP contribution in [0.5, 0.6) is 5.75 Å². The van der Waals surface area contributed by atoms with Gasteiger partial charge < -0.3 is 10.1 Å². The molecule has 3 rings (SSSR count). The number of carbonyl (C=O) groups is 1. The number of benzene rings is 2. The third kappa shape index (κ3) is 4.94. The first-order chi connectivity index (χ1) is 14.0. The van der Waals surface area contributed by atoms with Crippen LogP contribution in [0.25, 0.3) is 5.69 Å². The molecular weight excluding hydrogens is 394 g/mol. The second-order valence-electron chi connectivity index (χ2n) is 6.21. The summed E-state index contributed by atoms with van der Waals surface area (Å²) in [5, 5.41) is 3.28. The number of amides is 1. The second kappa shape index (κ2) is 9.25. The van der Waals surface area contributed by atoms with Crippen molar-refractivity contribution in [2.24, 2.45) is 0 Å². The molecule has 3 aromatic rings. The molecular formula is C21H20ClN3O4. The normalized spacial score (nSPS) is 10.6. The highest BCUT2D eigenvalue weighted by Gasteiger charge is 2.12. The first-order valence-corrected chi connectivity index (χ1v) is 9.43. The number of carbonyl (C=O) groups excluding carboxylic acids is 1. The summed E-state index contributed by atoms with van der Waals surface area (Å²) in [6.07, 6.45) is 2.86. The van der Waals surface area contributed by atoms with Crippen molar-refractivity contribution in [2.45, 2.75) is 20.0 Å². The van der Waals surface area contributed by atoms with Gasteiger partial charge in [0.15, 0.2) is 0 Å². The summed E-state index contributed by atoms with van der Waals surface area (Å²) in [4.78, 5) is 37.2. The molecule has 0 fully saturated rings. The molecule has 0 saturated heterocycles. The van der Waals surface area contributed by atoms with Crippen LogP contribution >= 0.6 is 11.6 Å². The SMILES string of the molecule is CCOc1ccccc1-n1ccn(CC(=O)NCc2cccc(Cl)c2)c(=O)c1=O. The summed E-state index contributed by atoms with van der Waals surface area (Å²) >= 11 is 5.92. The summed E-state index contributed by atoms with van der Waals surface area (Å²) in [6, 6.07) is 14.0. The lowest BCUT2D eigenvalue weighted by molar-refractivity contribution is -0.121. The Morgan fingerprint density at radius 2 is 1.86 bits per heavy atom. The number of hydrogen-bond donors (Lipinski definition) is 1. The van der Waals surface area contributed by atoms with Gasteiger partial charge in [0, 0.05) is 24.0 Å². The molecule has 0 atom stereocenters. The van der Waals surface area contributed by atoms with Crippen LogP contribution in [0.4, 0.5) is 0 Å². The molecule has 0 aliphatic rings. The quantitative estimate of drug-likeness (QED) is 0.603. The predicted molar refractivity (Wildman–Crippen MR) is 111 cm³/mol. The smallest absolute Gasteiger partial charge is 0.321 e. The van der Waals surface area contributed by atoms with E-state index in [0.29, 0.717) is 23.1 Å². The zero-order chi connectivity index (χ0) is 20.8. The van der Waals surface area contributed by atoms with E-state index < -0.39 is 11.1 Å². The lowest BCUT2D eigenvalue weighted by Gasteiger charge is -2.13. The first-order valence-electron chi connectivity index (χ1n) is 9.05. The Balaban J connectivity index is 1.77. The molecule has 0 unspecified atom stereocenters. The Bertz CT molecular complexity index is 1140. The number of hydrogen-bond acceptors (Lipinski definition) is 4. The highest BCUT2D eigenvalue weighted by atomic mass is 35.5. The zero-order valence-electron chi connectivity index (χ0n) is 15.8. The number of halogens is 1. The van der Waals surface area contributed by atoms with Crippen molar-refractivity contribution in [1.29, 1.82) is 0 Å². The molecule has 1 heterocycles. The summed E-state index contributed by atoms with van der Waals surface area (Å²) in [7, 11) is 0. The molecule has 1 aromatic heterocycles. The Kier molecular flexibility index (Phi) is 6.51. The van der Waals surface area contributed by atoms with Gasteiger partial charge in [-0.05, 0) is 36.8 Å². The molecule has 1 N–H and O–H groups in total. The fourth-order valence-electron chi connectivity index (χ4n) is 2.81. The standard InChI is InChI=1S/C21H20ClN3O4/c1-2-29-18-9-4-3-8-17(18)25-11-10-24(20(27)21(25)28)14-19(26)23-13-15-6-5-7-16(22)12-15/h3-12H,2,13-14H2,1H3,(H,23,26). The van der Waals surface area contributed by atoms with Gasteiger partial charge in [0.1, 0.15) is 12.3 Å². The van der Waals surface area contributed by atoms with Crippen LogP contribution in [0.15, 0.2) is 70.5 Å². The van der Waals surface area contributed by atoms with Crippen LogP contribution in [-0.2, 0) is 17.9 Å². The fourth-order valence-corrected chi connectivity index (χ4v) is 3.03. The topological polar surface area (TPSA) is 82.3 Å². The van der Waals surface area contributed by atoms with E-state index in [0.717, 1.165) is 10.1 Å². The van der Waals surface area contributed by atoms with Gasteiger partial charge in [-0.2, -0.15) is 0 Å². The van der Waals surface area contributed by atoms with Crippen LogP contribution in [-0.4, -0.2) is 21.6 Å². The predicted octanol–water partition coefficient (Wildman–Crippen LogP) is 2.37. The zero-order valence-corrected chi connectivity index (χ0v) is 16.6. The third-order valence-electron chi connectivity index (χ3n) is 4.18. The maximum atomic E-state index is 12.6. The molecule has 7 nitrogen and oxygen atoms in total. The van der Waals surface area contributed by atoms with Crippen molar-refractivity contribution in [2.75, 3.05) is 6.61 Å². The van der Waals surface area contributed by atoms with Crippen LogP contribution in [0.3, 0.4) is 0 Å². The molecule has 0 aliphatic carbocycles. The van der Waals surface area contributed by atoms with Crippen molar-refractivity contribution >= 4 is 17.5 Å². The Labute approximate surface area is 172 Å². The minimum absolute atomic E-state index is 0.261. The molecule has 29 heavy (non-hydrogen) atoms. The minimum atomic E-state index is -0.795. The lowest BCUT2D eigenvalue weighted by Crippen LogP contribution is -2.42. The van der Waals surface area contributed by atoms with Gasteiger partial charge in [-0.25, -0.2) is 0 Å². The fraction of sp³-hybridized carbons (Fsp3) is 0.190. The van der Waals surface area contributed by atoms with Gasteiger partial charge in [0.05, 0.1) is 12.3 Å². The molecule has 0 aliphatic heterocycles. The Morgan fingerprint density at radius 3 is 2.62 bits per heavy atom. The summed E-state index contributed by atoms with van der Waals surface area (Å²) < 4.78 is 7.82. The second-order valence-corrected chi connectivity index (χ2v) is 6.65. The number of nitrogens with zero attached hydrogens (tertiary/aromatic N) is 2. The maximum Gasteiger partial charge on any atom is 0.321 e. The molecule has 150 valence electrons. The van der Waals surface area contributed by atoms with E-state index in [1.807, 2.05) is 13.0 Å². The van der Waals surface area contributed by atoms with Crippen molar-refractivity contribution in [3.8, 4) is 11.4 Å². The largest absolute Gasteiger partial charge is 0.492 e. The number of nitrogens with one attached hydrogen (secondary N) is 1. The highest BCUT2D eigenvalue weighted by Crippen LogP contribution is 2.20. The van der Waals surface area contributed by atoms with Gasteiger partial charge in [-0.1, -0.05) is 35.9 Å². The Morgan fingerprint density at radius 1 is 1.07 bits per heavy atom. The number of rotatable bonds is 7. The van der Waals surface area contributed by atoms with E-state index in [1.165, 1.54) is 17.0 Å². The van der Waals surface area contributed by atoms with Crippen LogP contribution in [0.2, 0.25) is 5.02 Å². The summed E-state index contributed by atoms with van der Waals surface area (Å²) in [5.74, 6) is 0.104. The van der Waals surface area contributed by atoms with Crippen molar-refractivity contribution in [1.82, 2.24) is 14.5 Å². The van der Waals surface area contributed by atoms with E-state index >= 15 is 0 Å². The number of ether oxygens (including phenoxy) is 1. The lowest BCUT2D eigenvalue weighted by atomic mass is 10.2. The van der Waals surface area contributed by atoms with Gasteiger partial charge in [-0.3, -0.25) is 23.5 Å². The van der Waals surface area contributed by atoms with Crippen molar-refractivity contribution in [3.63, 3.8) is 0 Å². The number of aromatic nitrogens is 2. The molecule has 1 amide bonds. The summed E-state index contributed by atoms with van der Waals surface area (Å²) in [6.45, 7) is 2.27. The van der Waals surface area contributed by atoms with Gasteiger partial charge in [0.25, 0.3) is 0 Å². The molecule has 0 saturated carbocycles. The first kappa shape index (κ1) is 20.4. The van der Waals surface area contributed by atoms with Crippen molar-refractivity contribution in [3.05, 3.63) is 92.2 Å². The third-order valence-corrected chi connectivity index (χ3v) is 4.41. The average Bonchev–Trinajstić information content (AvgIpc) is 2.71. The van der Waals surface area contributed by atoms with E-state index in [4.69, 9.17) is 16.3 Å². The van der Waals surface area contributed by atoms with Gasteiger partial charge in [0.2, 0.25) is 5.91 Å². The maximum absolute atomic E-state index is 12.6. The average molecular weight is 414 g/mol. The van der Waals surface area contributed by atoms with E-state index in [9.17, 15) is 14.4 Å². The van der Waals surface area contributed by atoms with Gasteiger partial charge in [-0.15, -0.1) is 0 Å². The highest BCUT2D eigenvalue weighted by molar-refractivity contribution is 6.30. The summed E-state index contributed by atoms with van der Waals surface area (Å²) in [5.41, 5.74) is -0.255. The molecule has 0 radical (unpaired) electrons. The van der Waals surface area contributed by atoms with Crippen LogP contribution in [0.1, 0.15) is 12.5 Å². The Hall–Kier alpha value is -3.32. The van der Waals surface area contributed by atoms with Crippen LogP contribution < -0.4 is 21.2 Å². The van der Waals surface area contributed by atoms with Crippen LogP contribution in [0, 0.1) is 0 Å². The number of para-hydroxylation sites is 2. The molecule has 8 heteroatoms. The molecule has 2 aromatic carbocycles. The molecule has 0 bridgehead atoms. The monoisotopic (exact) mass is 413 g/mol. The van der Waals surface area contributed by atoms with E-state index in [1.54, 1.807) is 42.5 Å². The van der Waals surface area contributed by atoms with E-state index in [2.05, 4.69) is 5.32 Å². The minimum Gasteiger partial charge on any atom is -0.492 e. The van der Waals surface area contributed by atoms with Crippen molar-refractivity contribution < 1.29 is 9.53 Å².